The molecule has 0 amide bonds. The average molecular weight is 255 g/mol. The van der Waals surface area contributed by atoms with Crippen molar-refractivity contribution in [2.45, 2.75) is 25.9 Å². The number of rotatable bonds is 3. The Balaban J connectivity index is 1.96. The Morgan fingerprint density at radius 2 is 2.35 bits per heavy atom. The van der Waals surface area contributed by atoms with E-state index in [1.807, 2.05) is 12.1 Å². The molecule has 0 aromatic heterocycles. The second-order valence-corrected chi connectivity index (χ2v) is 5.34. The molecule has 1 saturated heterocycles. The van der Waals surface area contributed by atoms with Crippen molar-refractivity contribution in [3.63, 3.8) is 0 Å². The van der Waals surface area contributed by atoms with Gasteiger partial charge in [0.25, 0.3) is 0 Å². The SMILES string of the molecule is CC(N)C1CCN(Cc2ccc(O)c(Cl)c2)C1. The Bertz CT molecular complexity index is 395. The first-order valence-corrected chi connectivity index (χ1v) is 6.39. The van der Waals surface area contributed by atoms with Gasteiger partial charge in [0.2, 0.25) is 0 Å². The predicted octanol–water partition coefficient (Wildman–Crippen LogP) is 2.21. The monoisotopic (exact) mass is 254 g/mol. The fraction of sp³-hybridized carbons (Fsp3) is 0.538. The standard InChI is InChI=1S/C13H19ClN2O/c1-9(15)11-4-5-16(8-11)7-10-2-3-13(17)12(14)6-10/h2-3,6,9,11,17H,4-5,7-8,15H2,1H3. The normalized spacial score (nSPS) is 22.9. The molecule has 2 unspecified atom stereocenters. The first-order chi connectivity index (χ1) is 8.06. The second kappa shape index (κ2) is 5.25. The Morgan fingerprint density at radius 3 is 2.94 bits per heavy atom. The van der Waals surface area contributed by atoms with Crippen LogP contribution in [0.2, 0.25) is 5.02 Å². The molecule has 1 heterocycles. The van der Waals surface area contributed by atoms with Crippen LogP contribution >= 0.6 is 11.6 Å². The highest BCUT2D eigenvalue weighted by Gasteiger charge is 2.24. The van der Waals surface area contributed by atoms with Crippen LogP contribution in [0.15, 0.2) is 18.2 Å². The number of hydrogen-bond donors (Lipinski definition) is 2. The van der Waals surface area contributed by atoms with Gasteiger partial charge in [-0.3, -0.25) is 4.90 Å². The maximum Gasteiger partial charge on any atom is 0.134 e. The van der Waals surface area contributed by atoms with Crippen LogP contribution in [-0.4, -0.2) is 29.1 Å². The van der Waals surface area contributed by atoms with Gasteiger partial charge < -0.3 is 10.8 Å². The van der Waals surface area contributed by atoms with Gasteiger partial charge >= 0.3 is 0 Å². The number of benzene rings is 1. The number of aromatic hydroxyl groups is 1. The van der Waals surface area contributed by atoms with Crippen LogP contribution in [0, 0.1) is 5.92 Å². The molecule has 2 rings (SSSR count). The summed E-state index contributed by atoms with van der Waals surface area (Å²) < 4.78 is 0. The highest BCUT2D eigenvalue weighted by molar-refractivity contribution is 6.32. The van der Waals surface area contributed by atoms with E-state index in [2.05, 4.69) is 11.8 Å². The predicted molar refractivity (Wildman–Crippen MR) is 70.2 cm³/mol. The number of halogens is 1. The van der Waals surface area contributed by atoms with Crippen molar-refractivity contribution in [1.29, 1.82) is 0 Å². The zero-order valence-electron chi connectivity index (χ0n) is 10.1. The van der Waals surface area contributed by atoms with E-state index in [1.165, 1.54) is 6.42 Å². The van der Waals surface area contributed by atoms with E-state index in [1.54, 1.807) is 6.07 Å². The van der Waals surface area contributed by atoms with Gasteiger partial charge in [0.15, 0.2) is 0 Å². The van der Waals surface area contributed by atoms with Gasteiger partial charge in [0.1, 0.15) is 5.75 Å². The molecule has 4 heteroatoms. The van der Waals surface area contributed by atoms with Gasteiger partial charge in [-0.2, -0.15) is 0 Å². The summed E-state index contributed by atoms with van der Waals surface area (Å²) in [6.45, 7) is 5.09. The summed E-state index contributed by atoms with van der Waals surface area (Å²) in [6.07, 6.45) is 1.17. The molecule has 3 nitrogen and oxygen atoms in total. The molecule has 1 aliphatic rings. The molecule has 3 N–H and O–H groups in total. The lowest BCUT2D eigenvalue weighted by molar-refractivity contribution is 0.308. The number of nitrogens with two attached hydrogens (primary N) is 1. The Labute approximate surface area is 107 Å². The summed E-state index contributed by atoms with van der Waals surface area (Å²) in [4.78, 5) is 2.39. The molecule has 1 aromatic carbocycles. The molecule has 0 saturated carbocycles. The molecule has 2 atom stereocenters. The molecule has 1 fully saturated rings. The van der Waals surface area contributed by atoms with Crippen LogP contribution in [0.5, 0.6) is 5.75 Å². The molecule has 0 bridgehead atoms. The van der Waals surface area contributed by atoms with E-state index in [4.69, 9.17) is 17.3 Å². The number of nitrogens with zero attached hydrogens (tertiary/aromatic N) is 1. The van der Waals surface area contributed by atoms with Gasteiger partial charge in [-0.1, -0.05) is 17.7 Å². The van der Waals surface area contributed by atoms with Gasteiger partial charge in [-0.15, -0.1) is 0 Å². The van der Waals surface area contributed by atoms with Crippen molar-refractivity contribution in [1.82, 2.24) is 4.90 Å². The van der Waals surface area contributed by atoms with Crippen LogP contribution in [0.3, 0.4) is 0 Å². The lowest BCUT2D eigenvalue weighted by atomic mass is 10.0. The Hall–Kier alpha value is -0.770. The summed E-state index contributed by atoms with van der Waals surface area (Å²) in [5, 5.41) is 9.78. The molecule has 17 heavy (non-hydrogen) atoms. The van der Waals surface area contributed by atoms with Crippen LogP contribution in [-0.2, 0) is 6.54 Å². The van der Waals surface area contributed by atoms with Gasteiger partial charge in [0, 0.05) is 19.1 Å². The summed E-state index contributed by atoms with van der Waals surface area (Å²) in [5.74, 6) is 0.743. The maximum absolute atomic E-state index is 9.36. The largest absolute Gasteiger partial charge is 0.506 e. The highest BCUT2D eigenvalue weighted by Crippen LogP contribution is 2.26. The summed E-state index contributed by atoms with van der Waals surface area (Å²) >= 11 is 5.89. The third-order valence-corrected chi connectivity index (χ3v) is 3.77. The van der Waals surface area contributed by atoms with Crippen LogP contribution in [0.25, 0.3) is 0 Å². The first kappa shape index (κ1) is 12.7. The van der Waals surface area contributed by atoms with Crippen LogP contribution in [0.4, 0.5) is 0 Å². The Morgan fingerprint density at radius 1 is 1.59 bits per heavy atom. The van der Waals surface area contributed by atoms with Crippen molar-refractivity contribution >= 4 is 11.6 Å². The van der Waals surface area contributed by atoms with Crippen molar-refractivity contribution in [2.75, 3.05) is 13.1 Å². The average Bonchev–Trinajstić information content (AvgIpc) is 2.72. The topological polar surface area (TPSA) is 49.5 Å². The summed E-state index contributed by atoms with van der Waals surface area (Å²) in [5.41, 5.74) is 7.05. The molecule has 94 valence electrons. The number of phenols is 1. The number of likely N-dealkylation sites (tertiary alicyclic amines) is 1. The van der Waals surface area contributed by atoms with Crippen molar-refractivity contribution < 1.29 is 5.11 Å². The number of phenolic OH excluding ortho intramolecular Hbond substituents is 1. The van der Waals surface area contributed by atoms with E-state index < -0.39 is 0 Å². The highest BCUT2D eigenvalue weighted by atomic mass is 35.5. The quantitative estimate of drug-likeness (QED) is 0.870. The summed E-state index contributed by atoms with van der Waals surface area (Å²) in [7, 11) is 0. The minimum atomic E-state index is 0.144. The van der Waals surface area contributed by atoms with Crippen molar-refractivity contribution in [3.8, 4) is 5.75 Å². The van der Waals surface area contributed by atoms with Crippen LogP contribution in [0.1, 0.15) is 18.9 Å². The van der Waals surface area contributed by atoms with E-state index in [9.17, 15) is 5.11 Å². The van der Waals surface area contributed by atoms with Gasteiger partial charge in [-0.05, 0) is 43.5 Å². The molecule has 1 aromatic rings. The van der Waals surface area contributed by atoms with E-state index >= 15 is 0 Å². The first-order valence-electron chi connectivity index (χ1n) is 6.01. The lowest BCUT2D eigenvalue weighted by Crippen LogP contribution is -2.29. The van der Waals surface area contributed by atoms with Crippen molar-refractivity contribution in [3.05, 3.63) is 28.8 Å². The van der Waals surface area contributed by atoms with E-state index in [0.717, 1.165) is 25.2 Å². The van der Waals surface area contributed by atoms with Crippen molar-refractivity contribution in [2.24, 2.45) is 11.7 Å². The fourth-order valence-corrected chi connectivity index (χ4v) is 2.55. The maximum atomic E-state index is 9.36. The van der Waals surface area contributed by atoms with Gasteiger partial charge in [-0.25, -0.2) is 0 Å². The zero-order chi connectivity index (χ0) is 12.4. The smallest absolute Gasteiger partial charge is 0.134 e. The van der Waals surface area contributed by atoms with E-state index in [0.29, 0.717) is 10.9 Å². The minimum Gasteiger partial charge on any atom is -0.506 e. The molecule has 0 spiro atoms. The molecule has 1 aliphatic heterocycles. The van der Waals surface area contributed by atoms with E-state index in [-0.39, 0.29) is 11.8 Å². The molecular weight excluding hydrogens is 236 g/mol. The third-order valence-electron chi connectivity index (χ3n) is 3.47. The fourth-order valence-electron chi connectivity index (χ4n) is 2.34. The number of hydrogen-bond acceptors (Lipinski definition) is 3. The third kappa shape index (κ3) is 3.12. The van der Waals surface area contributed by atoms with Gasteiger partial charge in [0.05, 0.1) is 5.02 Å². The molecule has 0 radical (unpaired) electrons. The minimum absolute atomic E-state index is 0.144. The lowest BCUT2D eigenvalue weighted by Gasteiger charge is -2.18. The molecule has 0 aliphatic carbocycles. The second-order valence-electron chi connectivity index (χ2n) is 4.93. The Kier molecular flexibility index (Phi) is 3.92. The zero-order valence-corrected chi connectivity index (χ0v) is 10.8. The van der Waals surface area contributed by atoms with Crippen LogP contribution < -0.4 is 5.73 Å². The summed E-state index contributed by atoms with van der Waals surface area (Å²) in [6, 6.07) is 5.66. The molecular formula is C13H19ClN2O.